The molecule has 3 rings (SSSR count). The van der Waals surface area contributed by atoms with Crippen molar-refractivity contribution in [2.45, 2.75) is 13.0 Å². The zero-order chi connectivity index (χ0) is 14.8. The molecule has 0 aliphatic carbocycles. The van der Waals surface area contributed by atoms with Gasteiger partial charge in [-0.15, -0.1) is 10.2 Å². The number of hydrogen-bond acceptors (Lipinski definition) is 7. The van der Waals surface area contributed by atoms with Crippen LogP contribution in [0.15, 0.2) is 24.4 Å². The van der Waals surface area contributed by atoms with Crippen LogP contribution in [0.2, 0.25) is 0 Å². The van der Waals surface area contributed by atoms with Gasteiger partial charge in [0.1, 0.15) is 17.1 Å². The average Bonchev–Trinajstić information content (AvgIpc) is 2.47. The Kier molecular flexibility index (Phi) is 3.57. The van der Waals surface area contributed by atoms with Crippen LogP contribution in [-0.4, -0.2) is 46.0 Å². The van der Waals surface area contributed by atoms with E-state index >= 15 is 0 Å². The molecule has 1 atom stereocenters. The molecule has 1 aliphatic rings. The second-order valence-electron chi connectivity index (χ2n) is 5.21. The van der Waals surface area contributed by atoms with Gasteiger partial charge >= 0.3 is 0 Å². The van der Waals surface area contributed by atoms with Crippen LogP contribution in [0.25, 0.3) is 11.4 Å². The van der Waals surface area contributed by atoms with Gasteiger partial charge in [0.15, 0.2) is 5.82 Å². The maximum Gasteiger partial charge on any atom is 0.151 e. The molecular weight excluding hydrogens is 268 g/mol. The molecule has 7 nitrogen and oxygen atoms in total. The van der Waals surface area contributed by atoms with Gasteiger partial charge in [-0.25, -0.2) is 4.98 Å². The first-order chi connectivity index (χ1) is 10.1. The number of rotatable bonds is 2. The van der Waals surface area contributed by atoms with Gasteiger partial charge in [0, 0.05) is 31.7 Å². The van der Waals surface area contributed by atoms with E-state index in [1.165, 1.54) is 12.3 Å². The first-order valence-electron chi connectivity index (χ1n) is 6.90. The molecule has 1 fully saturated rings. The second-order valence-corrected chi connectivity index (χ2v) is 5.21. The van der Waals surface area contributed by atoms with Gasteiger partial charge in [-0.3, -0.25) is 0 Å². The molecule has 7 heteroatoms. The summed E-state index contributed by atoms with van der Waals surface area (Å²) < 4.78 is 0. The van der Waals surface area contributed by atoms with Crippen molar-refractivity contribution < 1.29 is 5.11 Å². The molecule has 0 bridgehead atoms. The third kappa shape index (κ3) is 2.87. The van der Waals surface area contributed by atoms with Crippen LogP contribution in [0.5, 0.6) is 5.75 Å². The van der Waals surface area contributed by atoms with Gasteiger partial charge in [-0.05, 0) is 19.1 Å². The molecule has 0 amide bonds. The Balaban J connectivity index is 1.83. The first-order valence-corrected chi connectivity index (χ1v) is 6.90. The van der Waals surface area contributed by atoms with Crippen molar-refractivity contribution in [3.05, 3.63) is 24.4 Å². The lowest BCUT2D eigenvalue weighted by Gasteiger charge is -2.32. The summed E-state index contributed by atoms with van der Waals surface area (Å²) in [6.07, 6.45) is 1.49. The zero-order valence-electron chi connectivity index (χ0n) is 11.8. The summed E-state index contributed by atoms with van der Waals surface area (Å²) in [7, 11) is 0. The van der Waals surface area contributed by atoms with Gasteiger partial charge < -0.3 is 21.1 Å². The summed E-state index contributed by atoms with van der Waals surface area (Å²) in [5, 5.41) is 21.7. The zero-order valence-corrected chi connectivity index (χ0v) is 11.8. The predicted molar refractivity (Wildman–Crippen MR) is 81.0 cm³/mol. The molecule has 4 N–H and O–H groups in total. The normalized spacial score (nSPS) is 18.7. The minimum absolute atomic E-state index is 0.00726. The highest BCUT2D eigenvalue weighted by atomic mass is 16.3. The van der Waals surface area contributed by atoms with Gasteiger partial charge in [-0.2, -0.15) is 0 Å². The van der Waals surface area contributed by atoms with E-state index in [4.69, 9.17) is 5.73 Å². The highest BCUT2D eigenvalue weighted by Gasteiger charge is 2.17. The number of piperazine rings is 1. The van der Waals surface area contributed by atoms with E-state index < -0.39 is 0 Å². The fraction of sp³-hybridized carbons (Fsp3) is 0.357. The lowest BCUT2D eigenvalue weighted by molar-refractivity contribution is 0.475. The van der Waals surface area contributed by atoms with Crippen LogP contribution < -0.4 is 16.0 Å². The quantitative estimate of drug-likeness (QED) is 0.744. The number of pyridine rings is 1. The van der Waals surface area contributed by atoms with Crippen LogP contribution in [0.4, 0.5) is 11.5 Å². The lowest BCUT2D eigenvalue weighted by Crippen LogP contribution is -2.49. The highest BCUT2D eigenvalue weighted by Crippen LogP contribution is 2.27. The molecule has 1 saturated heterocycles. The molecule has 0 aromatic carbocycles. The Bertz CT molecular complexity index is 630. The number of anilines is 2. The minimum Gasteiger partial charge on any atom is -0.506 e. The molecule has 0 spiro atoms. The van der Waals surface area contributed by atoms with Crippen molar-refractivity contribution >= 4 is 11.5 Å². The van der Waals surface area contributed by atoms with Crippen LogP contribution in [-0.2, 0) is 0 Å². The Hall–Kier alpha value is -2.41. The summed E-state index contributed by atoms with van der Waals surface area (Å²) in [6, 6.07) is 5.60. The van der Waals surface area contributed by atoms with Gasteiger partial charge in [0.2, 0.25) is 0 Å². The Morgan fingerprint density at radius 1 is 1.38 bits per heavy atom. The largest absolute Gasteiger partial charge is 0.506 e. The fourth-order valence-corrected chi connectivity index (χ4v) is 2.43. The topological polar surface area (TPSA) is 100 Å². The minimum atomic E-state index is 0.00726. The molecule has 110 valence electrons. The monoisotopic (exact) mass is 286 g/mol. The molecule has 3 heterocycles. The molecular formula is C14H18N6O. The summed E-state index contributed by atoms with van der Waals surface area (Å²) in [6.45, 7) is 4.89. The number of nitrogen functional groups attached to an aromatic ring is 1. The number of nitrogens with two attached hydrogens (primary N) is 1. The SMILES string of the molecule is CC1CN(c2ccc(-c3ncc(N)cc3O)nn2)CCN1. The van der Waals surface area contributed by atoms with E-state index in [1.54, 1.807) is 0 Å². The Morgan fingerprint density at radius 2 is 2.24 bits per heavy atom. The lowest BCUT2D eigenvalue weighted by atomic mass is 10.2. The molecule has 0 saturated carbocycles. The van der Waals surface area contributed by atoms with Gasteiger partial charge in [0.25, 0.3) is 0 Å². The standard InChI is InChI=1S/C14H18N6O/c1-9-8-20(5-4-16-9)13-3-2-11(18-19-13)14-12(21)6-10(15)7-17-14/h2-3,6-7,9,16,21H,4-5,8,15H2,1H3. The number of nitrogens with zero attached hydrogens (tertiary/aromatic N) is 4. The van der Waals surface area contributed by atoms with Crippen molar-refractivity contribution in [2.24, 2.45) is 0 Å². The summed E-state index contributed by atoms with van der Waals surface area (Å²) in [5.41, 5.74) is 6.89. The Labute approximate surface area is 122 Å². The van der Waals surface area contributed by atoms with E-state index in [2.05, 4.69) is 32.3 Å². The van der Waals surface area contributed by atoms with Crippen molar-refractivity contribution in [1.29, 1.82) is 0 Å². The molecule has 2 aromatic rings. The van der Waals surface area contributed by atoms with E-state index in [0.29, 0.717) is 23.1 Å². The highest BCUT2D eigenvalue weighted by molar-refractivity contribution is 5.65. The molecule has 21 heavy (non-hydrogen) atoms. The van der Waals surface area contributed by atoms with E-state index in [1.807, 2.05) is 12.1 Å². The third-order valence-corrected chi connectivity index (χ3v) is 3.47. The molecule has 1 aliphatic heterocycles. The molecule has 0 radical (unpaired) electrons. The maximum absolute atomic E-state index is 9.87. The third-order valence-electron chi connectivity index (χ3n) is 3.47. The number of nitrogens with one attached hydrogen (secondary N) is 1. The van der Waals surface area contributed by atoms with E-state index in [0.717, 1.165) is 25.5 Å². The molecule has 2 aromatic heterocycles. The molecule has 1 unspecified atom stereocenters. The van der Waals surface area contributed by atoms with E-state index in [-0.39, 0.29) is 5.75 Å². The first kappa shape index (κ1) is 13.6. The predicted octanol–water partition coefficient (Wildman–Crippen LogP) is 0.625. The fourth-order valence-electron chi connectivity index (χ4n) is 2.43. The van der Waals surface area contributed by atoms with Crippen LogP contribution in [0.3, 0.4) is 0 Å². The van der Waals surface area contributed by atoms with Crippen LogP contribution in [0, 0.1) is 0 Å². The van der Waals surface area contributed by atoms with Crippen molar-refractivity contribution in [3.63, 3.8) is 0 Å². The van der Waals surface area contributed by atoms with Crippen molar-refractivity contribution in [2.75, 3.05) is 30.3 Å². The van der Waals surface area contributed by atoms with Gasteiger partial charge in [0.05, 0.1) is 11.9 Å². The maximum atomic E-state index is 9.87. The van der Waals surface area contributed by atoms with Crippen LogP contribution in [0.1, 0.15) is 6.92 Å². The smallest absolute Gasteiger partial charge is 0.151 e. The second kappa shape index (κ2) is 5.53. The summed E-state index contributed by atoms with van der Waals surface area (Å²) in [4.78, 5) is 6.29. The summed E-state index contributed by atoms with van der Waals surface area (Å²) in [5.74, 6) is 0.842. The summed E-state index contributed by atoms with van der Waals surface area (Å²) >= 11 is 0. The van der Waals surface area contributed by atoms with Crippen molar-refractivity contribution in [1.82, 2.24) is 20.5 Å². The van der Waals surface area contributed by atoms with Crippen molar-refractivity contribution in [3.8, 4) is 17.1 Å². The van der Waals surface area contributed by atoms with E-state index in [9.17, 15) is 5.11 Å². The number of aromatic hydroxyl groups is 1. The number of hydrogen-bond donors (Lipinski definition) is 3. The Morgan fingerprint density at radius 3 is 2.90 bits per heavy atom. The van der Waals surface area contributed by atoms with Crippen LogP contribution >= 0.6 is 0 Å². The van der Waals surface area contributed by atoms with Gasteiger partial charge in [-0.1, -0.05) is 0 Å². The number of aromatic nitrogens is 3. The average molecular weight is 286 g/mol.